The first kappa shape index (κ1) is 22.0. The molecule has 0 aliphatic carbocycles. The largest absolute Gasteiger partial charge is 0.486 e. The zero-order chi connectivity index (χ0) is 21.9. The highest BCUT2D eigenvalue weighted by molar-refractivity contribution is 5.79. The second kappa shape index (κ2) is 10.0. The lowest BCUT2D eigenvalue weighted by Crippen LogP contribution is -2.48. The third kappa shape index (κ3) is 4.91. The summed E-state index contributed by atoms with van der Waals surface area (Å²) >= 11 is 0. The molecule has 4 aliphatic rings. The lowest BCUT2D eigenvalue weighted by atomic mass is 9.94. The molecule has 3 fully saturated rings. The van der Waals surface area contributed by atoms with Crippen LogP contribution in [0.4, 0.5) is 0 Å². The van der Waals surface area contributed by atoms with Gasteiger partial charge in [0, 0.05) is 25.7 Å². The standard InChI is InChI=1S/C26H39N3O3/c1-20-6-2-3-12-28(20)18-21-7-4-11-27(17-21)19-26(30)29-13-5-8-23(29)22-9-10-24-25(16-22)32-15-14-31-24/h9-10,16,20-21,23H,2-8,11-15,17-19H2,1H3. The number of hydrogen-bond donors (Lipinski definition) is 0. The summed E-state index contributed by atoms with van der Waals surface area (Å²) in [4.78, 5) is 20.6. The van der Waals surface area contributed by atoms with Gasteiger partial charge >= 0.3 is 0 Å². The van der Waals surface area contributed by atoms with Crippen molar-refractivity contribution in [3.63, 3.8) is 0 Å². The molecule has 3 unspecified atom stereocenters. The average molecular weight is 442 g/mol. The predicted molar refractivity (Wildman–Crippen MR) is 125 cm³/mol. The third-order valence-electron chi connectivity index (χ3n) is 7.92. The van der Waals surface area contributed by atoms with Crippen LogP contribution in [0.2, 0.25) is 0 Å². The average Bonchev–Trinajstić information content (AvgIpc) is 3.31. The maximum Gasteiger partial charge on any atom is 0.237 e. The van der Waals surface area contributed by atoms with E-state index < -0.39 is 0 Å². The maximum absolute atomic E-state index is 13.4. The number of amides is 1. The van der Waals surface area contributed by atoms with Crippen LogP contribution in [-0.4, -0.2) is 79.1 Å². The fourth-order valence-electron chi connectivity index (χ4n) is 6.17. The summed E-state index contributed by atoms with van der Waals surface area (Å²) in [6.45, 7) is 9.58. The molecule has 0 aromatic heterocycles. The van der Waals surface area contributed by atoms with Crippen molar-refractivity contribution in [3.8, 4) is 11.5 Å². The summed E-state index contributed by atoms with van der Waals surface area (Å²) in [5, 5.41) is 0. The first-order valence-electron chi connectivity index (χ1n) is 12.8. The molecule has 32 heavy (non-hydrogen) atoms. The van der Waals surface area contributed by atoms with Crippen molar-refractivity contribution < 1.29 is 14.3 Å². The molecular weight excluding hydrogens is 402 g/mol. The van der Waals surface area contributed by atoms with Crippen LogP contribution in [0.1, 0.15) is 63.5 Å². The van der Waals surface area contributed by atoms with E-state index in [1.54, 1.807) is 0 Å². The number of rotatable bonds is 5. The maximum atomic E-state index is 13.4. The highest BCUT2D eigenvalue weighted by Crippen LogP contribution is 2.38. The van der Waals surface area contributed by atoms with Crippen molar-refractivity contribution in [2.75, 3.05) is 52.5 Å². The third-order valence-corrected chi connectivity index (χ3v) is 7.92. The summed E-state index contributed by atoms with van der Waals surface area (Å²) in [6.07, 6.45) is 8.67. The molecule has 0 N–H and O–H groups in total. The van der Waals surface area contributed by atoms with Crippen LogP contribution < -0.4 is 9.47 Å². The van der Waals surface area contributed by atoms with Crippen molar-refractivity contribution in [1.82, 2.24) is 14.7 Å². The van der Waals surface area contributed by atoms with E-state index in [-0.39, 0.29) is 11.9 Å². The number of piperidine rings is 2. The number of likely N-dealkylation sites (tertiary alicyclic amines) is 3. The molecule has 0 spiro atoms. The van der Waals surface area contributed by atoms with Crippen molar-refractivity contribution in [2.24, 2.45) is 5.92 Å². The number of hydrogen-bond acceptors (Lipinski definition) is 5. The Hall–Kier alpha value is -1.79. The summed E-state index contributed by atoms with van der Waals surface area (Å²) in [7, 11) is 0. The topological polar surface area (TPSA) is 45.2 Å². The first-order chi connectivity index (χ1) is 15.7. The molecule has 0 radical (unpaired) electrons. The van der Waals surface area contributed by atoms with E-state index in [0.717, 1.165) is 50.0 Å². The predicted octanol–water partition coefficient (Wildman–Crippen LogP) is 3.71. The number of nitrogens with zero attached hydrogens (tertiary/aromatic N) is 3. The minimum absolute atomic E-state index is 0.160. The number of benzene rings is 1. The van der Waals surface area contributed by atoms with Crippen molar-refractivity contribution >= 4 is 5.91 Å². The molecule has 6 heteroatoms. The Bertz CT molecular complexity index is 801. The molecule has 0 saturated carbocycles. The van der Waals surface area contributed by atoms with Gasteiger partial charge in [-0.25, -0.2) is 0 Å². The van der Waals surface area contributed by atoms with Crippen LogP contribution in [0.3, 0.4) is 0 Å². The van der Waals surface area contributed by atoms with Gasteiger partial charge in [-0.15, -0.1) is 0 Å². The Morgan fingerprint density at radius 3 is 2.69 bits per heavy atom. The summed E-state index contributed by atoms with van der Waals surface area (Å²) in [5.41, 5.74) is 1.18. The molecule has 6 nitrogen and oxygen atoms in total. The van der Waals surface area contributed by atoms with E-state index in [0.29, 0.717) is 25.7 Å². The molecule has 1 aromatic carbocycles. The number of ether oxygens (including phenoxy) is 2. The van der Waals surface area contributed by atoms with E-state index in [1.165, 1.54) is 50.8 Å². The fraction of sp³-hybridized carbons (Fsp3) is 0.731. The quantitative estimate of drug-likeness (QED) is 0.697. The smallest absolute Gasteiger partial charge is 0.237 e. The molecular formula is C26H39N3O3. The normalized spacial score (nSPS) is 29.3. The second-order valence-electron chi connectivity index (χ2n) is 10.2. The Labute approximate surface area is 192 Å². The number of carbonyl (C=O) groups is 1. The van der Waals surface area contributed by atoms with Gasteiger partial charge in [0.2, 0.25) is 5.91 Å². The van der Waals surface area contributed by atoms with Gasteiger partial charge in [0.25, 0.3) is 0 Å². The van der Waals surface area contributed by atoms with Crippen LogP contribution in [0.15, 0.2) is 18.2 Å². The zero-order valence-corrected chi connectivity index (χ0v) is 19.6. The monoisotopic (exact) mass is 441 g/mol. The molecule has 3 atom stereocenters. The van der Waals surface area contributed by atoms with E-state index in [2.05, 4.69) is 33.8 Å². The molecule has 1 aromatic rings. The van der Waals surface area contributed by atoms with Crippen LogP contribution in [0, 0.1) is 5.92 Å². The van der Waals surface area contributed by atoms with Gasteiger partial charge in [-0.2, -0.15) is 0 Å². The number of fused-ring (bicyclic) bond motifs is 1. The zero-order valence-electron chi connectivity index (χ0n) is 19.6. The summed E-state index contributed by atoms with van der Waals surface area (Å²) in [6, 6.07) is 7.08. The van der Waals surface area contributed by atoms with Gasteiger partial charge in [-0.1, -0.05) is 12.5 Å². The van der Waals surface area contributed by atoms with Gasteiger partial charge in [-0.3, -0.25) is 9.69 Å². The lowest BCUT2D eigenvalue weighted by Gasteiger charge is -2.40. The van der Waals surface area contributed by atoms with Crippen LogP contribution in [-0.2, 0) is 4.79 Å². The van der Waals surface area contributed by atoms with Crippen LogP contribution in [0.5, 0.6) is 11.5 Å². The number of carbonyl (C=O) groups excluding carboxylic acids is 1. The highest BCUT2D eigenvalue weighted by Gasteiger charge is 2.33. The van der Waals surface area contributed by atoms with Crippen molar-refractivity contribution in [1.29, 1.82) is 0 Å². The Kier molecular flexibility index (Phi) is 6.88. The van der Waals surface area contributed by atoms with Gasteiger partial charge in [0.05, 0.1) is 12.6 Å². The van der Waals surface area contributed by atoms with Crippen molar-refractivity contribution in [2.45, 2.75) is 64.0 Å². The fourth-order valence-corrected chi connectivity index (χ4v) is 6.17. The van der Waals surface area contributed by atoms with E-state index in [4.69, 9.17) is 9.47 Å². The van der Waals surface area contributed by atoms with Gasteiger partial charge in [-0.05, 0) is 82.2 Å². The molecule has 176 valence electrons. The lowest BCUT2D eigenvalue weighted by molar-refractivity contribution is -0.133. The van der Waals surface area contributed by atoms with E-state index in [9.17, 15) is 4.79 Å². The van der Waals surface area contributed by atoms with Gasteiger partial charge in [0.15, 0.2) is 11.5 Å². The molecule has 1 amide bonds. The minimum atomic E-state index is 0.160. The SMILES string of the molecule is CC1CCCCN1CC1CCCN(CC(=O)N2CCCC2c2ccc3c(c2)OCCO3)C1. The Balaban J connectivity index is 1.18. The molecule has 4 heterocycles. The van der Waals surface area contributed by atoms with Crippen molar-refractivity contribution in [3.05, 3.63) is 23.8 Å². The van der Waals surface area contributed by atoms with E-state index >= 15 is 0 Å². The molecule has 0 bridgehead atoms. The second-order valence-corrected chi connectivity index (χ2v) is 10.2. The summed E-state index contributed by atoms with van der Waals surface area (Å²) < 4.78 is 11.5. The Morgan fingerprint density at radius 1 is 0.969 bits per heavy atom. The van der Waals surface area contributed by atoms with Gasteiger partial charge < -0.3 is 19.3 Å². The van der Waals surface area contributed by atoms with Crippen LogP contribution >= 0.6 is 0 Å². The van der Waals surface area contributed by atoms with Gasteiger partial charge in [0.1, 0.15) is 13.2 Å². The summed E-state index contributed by atoms with van der Waals surface area (Å²) in [5.74, 6) is 2.62. The highest BCUT2D eigenvalue weighted by atomic mass is 16.6. The van der Waals surface area contributed by atoms with E-state index in [1.807, 2.05) is 6.07 Å². The Morgan fingerprint density at radius 2 is 1.81 bits per heavy atom. The molecule has 5 rings (SSSR count). The molecule has 3 saturated heterocycles. The first-order valence-corrected chi connectivity index (χ1v) is 12.8. The van der Waals surface area contributed by atoms with Crippen LogP contribution in [0.25, 0.3) is 0 Å². The minimum Gasteiger partial charge on any atom is -0.486 e. The molecule has 4 aliphatic heterocycles.